The molecule has 0 spiro atoms. The number of nitrogens with one attached hydrogen (secondary N) is 2. The van der Waals surface area contributed by atoms with Gasteiger partial charge in [0.1, 0.15) is 6.04 Å². The van der Waals surface area contributed by atoms with Gasteiger partial charge in [-0.1, -0.05) is 24.4 Å². The molecule has 2 rings (SSSR count). The molecule has 2 atom stereocenters. The van der Waals surface area contributed by atoms with Crippen LogP contribution in [0.15, 0.2) is 24.3 Å². The molecule has 1 aliphatic carbocycles. The van der Waals surface area contributed by atoms with Gasteiger partial charge in [-0.15, -0.1) is 0 Å². The summed E-state index contributed by atoms with van der Waals surface area (Å²) in [7, 11) is 0. The minimum Gasteiger partial charge on any atom is -0.391 e. The predicted octanol–water partition coefficient (Wildman–Crippen LogP) is 2.13. The summed E-state index contributed by atoms with van der Waals surface area (Å²) in [5.74, 6) is -0.362. The molecule has 6 heteroatoms. The number of hydrogen-bond donors (Lipinski definition) is 3. The second-order valence-corrected chi connectivity index (χ2v) is 6.50. The summed E-state index contributed by atoms with van der Waals surface area (Å²) >= 11 is 5.78. The molecule has 126 valence electrons. The number of halogens is 1. The van der Waals surface area contributed by atoms with Gasteiger partial charge in [0.25, 0.3) is 5.91 Å². The second-order valence-electron chi connectivity index (χ2n) is 6.06. The molecule has 23 heavy (non-hydrogen) atoms. The monoisotopic (exact) mass is 338 g/mol. The van der Waals surface area contributed by atoms with E-state index in [1.165, 1.54) is 0 Å². The fourth-order valence-corrected chi connectivity index (χ4v) is 2.94. The Balaban J connectivity index is 1.77. The molecule has 3 N–H and O–H groups in total. The van der Waals surface area contributed by atoms with Crippen molar-refractivity contribution in [1.82, 2.24) is 10.6 Å². The molecule has 2 unspecified atom stereocenters. The molecule has 1 saturated carbocycles. The highest BCUT2D eigenvalue weighted by molar-refractivity contribution is 6.30. The molecule has 1 fully saturated rings. The molecular formula is C17H23ClN2O3. The average molecular weight is 339 g/mol. The van der Waals surface area contributed by atoms with Crippen LogP contribution < -0.4 is 10.6 Å². The van der Waals surface area contributed by atoms with Crippen LogP contribution in [0.3, 0.4) is 0 Å². The van der Waals surface area contributed by atoms with Crippen molar-refractivity contribution in [2.24, 2.45) is 5.92 Å². The Labute approximate surface area is 141 Å². The lowest BCUT2D eigenvalue weighted by Crippen LogP contribution is -2.47. The van der Waals surface area contributed by atoms with Crippen LogP contribution in [0.5, 0.6) is 0 Å². The summed E-state index contributed by atoms with van der Waals surface area (Å²) in [5.41, 5.74) is 0.444. The van der Waals surface area contributed by atoms with Crippen molar-refractivity contribution in [1.29, 1.82) is 0 Å². The molecule has 1 aliphatic rings. The number of aliphatic hydroxyl groups excluding tert-OH is 1. The summed E-state index contributed by atoms with van der Waals surface area (Å²) in [4.78, 5) is 24.1. The average Bonchev–Trinajstić information content (AvgIpc) is 3.07. The summed E-state index contributed by atoms with van der Waals surface area (Å²) < 4.78 is 0. The van der Waals surface area contributed by atoms with Gasteiger partial charge in [-0.25, -0.2) is 0 Å². The smallest absolute Gasteiger partial charge is 0.251 e. The van der Waals surface area contributed by atoms with E-state index in [0.717, 1.165) is 25.7 Å². The number of rotatable bonds is 6. The molecule has 0 aliphatic heterocycles. The fourth-order valence-electron chi connectivity index (χ4n) is 2.81. The van der Waals surface area contributed by atoms with Gasteiger partial charge in [-0.3, -0.25) is 9.59 Å². The number of benzene rings is 1. The maximum Gasteiger partial charge on any atom is 0.251 e. The zero-order valence-corrected chi connectivity index (χ0v) is 14.0. The van der Waals surface area contributed by atoms with E-state index in [0.29, 0.717) is 10.6 Å². The number of amides is 2. The molecule has 0 aromatic heterocycles. The van der Waals surface area contributed by atoms with Gasteiger partial charge in [0.2, 0.25) is 5.91 Å². The van der Waals surface area contributed by atoms with Crippen molar-refractivity contribution in [3.8, 4) is 0 Å². The number of aliphatic hydroxyl groups is 1. The third-order valence-electron chi connectivity index (χ3n) is 4.28. The van der Waals surface area contributed by atoms with Gasteiger partial charge < -0.3 is 15.7 Å². The number of carbonyl (C=O) groups excluding carboxylic acids is 2. The van der Waals surface area contributed by atoms with E-state index in [2.05, 4.69) is 10.6 Å². The van der Waals surface area contributed by atoms with Crippen molar-refractivity contribution < 1.29 is 14.7 Å². The summed E-state index contributed by atoms with van der Waals surface area (Å²) in [6.45, 7) is 1.84. The van der Waals surface area contributed by atoms with Crippen LogP contribution >= 0.6 is 11.6 Å². The Hall–Kier alpha value is -1.59. The molecule has 2 amide bonds. The third kappa shape index (κ3) is 5.22. The van der Waals surface area contributed by atoms with Crippen LogP contribution in [0.25, 0.3) is 0 Å². The summed E-state index contributed by atoms with van der Waals surface area (Å²) in [6, 6.07) is 5.78. The first-order valence-corrected chi connectivity index (χ1v) is 8.37. The van der Waals surface area contributed by atoms with Crippen molar-refractivity contribution in [3.05, 3.63) is 34.9 Å². The second kappa shape index (κ2) is 8.31. The summed E-state index contributed by atoms with van der Waals surface area (Å²) in [6.07, 6.45) is 3.80. The predicted molar refractivity (Wildman–Crippen MR) is 89.4 cm³/mol. The molecule has 0 saturated heterocycles. The SMILES string of the molecule is CC(NC(=O)c1ccc(Cl)cc1)C(=O)NCC(O)C1CCCC1. The molecule has 0 heterocycles. The number of carbonyl (C=O) groups is 2. The van der Waals surface area contributed by atoms with Crippen molar-refractivity contribution in [3.63, 3.8) is 0 Å². The van der Waals surface area contributed by atoms with E-state index in [4.69, 9.17) is 11.6 Å². The topological polar surface area (TPSA) is 78.4 Å². The molecule has 5 nitrogen and oxygen atoms in total. The van der Waals surface area contributed by atoms with Crippen LogP contribution in [0.4, 0.5) is 0 Å². The van der Waals surface area contributed by atoms with Crippen LogP contribution in [-0.2, 0) is 4.79 Å². The molecule has 1 aromatic rings. The van der Waals surface area contributed by atoms with Gasteiger partial charge in [0.05, 0.1) is 6.10 Å². The van der Waals surface area contributed by atoms with Crippen LogP contribution in [0.2, 0.25) is 5.02 Å². The first-order valence-electron chi connectivity index (χ1n) is 7.99. The maximum atomic E-state index is 12.0. The van der Waals surface area contributed by atoms with E-state index in [-0.39, 0.29) is 24.3 Å². The van der Waals surface area contributed by atoms with E-state index in [9.17, 15) is 14.7 Å². The van der Waals surface area contributed by atoms with Gasteiger partial charge in [-0.05, 0) is 49.9 Å². The largest absolute Gasteiger partial charge is 0.391 e. The Bertz CT molecular complexity index is 541. The lowest BCUT2D eigenvalue weighted by molar-refractivity contribution is -0.123. The Morgan fingerprint density at radius 1 is 1.26 bits per heavy atom. The quantitative estimate of drug-likeness (QED) is 0.743. The van der Waals surface area contributed by atoms with E-state index in [1.807, 2.05) is 0 Å². The lowest BCUT2D eigenvalue weighted by Gasteiger charge is -2.20. The Morgan fingerprint density at radius 3 is 2.48 bits per heavy atom. The van der Waals surface area contributed by atoms with Gasteiger partial charge in [0.15, 0.2) is 0 Å². The van der Waals surface area contributed by atoms with Crippen molar-refractivity contribution >= 4 is 23.4 Å². The molecule has 0 radical (unpaired) electrons. The fraction of sp³-hybridized carbons (Fsp3) is 0.529. The van der Waals surface area contributed by atoms with Gasteiger partial charge >= 0.3 is 0 Å². The maximum absolute atomic E-state index is 12.0. The van der Waals surface area contributed by atoms with Crippen LogP contribution in [-0.4, -0.2) is 35.6 Å². The van der Waals surface area contributed by atoms with Crippen molar-refractivity contribution in [2.75, 3.05) is 6.54 Å². The minimum absolute atomic E-state index is 0.227. The standard InChI is InChI=1S/C17H23ClN2O3/c1-11(20-17(23)13-6-8-14(18)9-7-13)16(22)19-10-15(21)12-4-2-3-5-12/h6-9,11-12,15,21H,2-5,10H2,1H3,(H,19,22)(H,20,23). The highest BCUT2D eigenvalue weighted by Gasteiger charge is 2.24. The number of hydrogen-bond acceptors (Lipinski definition) is 3. The highest BCUT2D eigenvalue weighted by atomic mass is 35.5. The lowest BCUT2D eigenvalue weighted by atomic mass is 10.0. The normalized spacial score (nSPS) is 17.5. The van der Waals surface area contributed by atoms with Gasteiger partial charge in [0, 0.05) is 17.1 Å². The van der Waals surface area contributed by atoms with E-state index >= 15 is 0 Å². The van der Waals surface area contributed by atoms with Crippen LogP contribution in [0.1, 0.15) is 43.0 Å². The first-order chi connectivity index (χ1) is 11.0. The zero-order valence-electron chi connectivity index (χ0n) is 13.2. The first kappa shape index (κ1) is 17.8. The molecule has 1 aromatic carbocycles. The molecule has 0 bridgehead atoms. The van der Waals surface area contributed by atoms with Crippen molar-refractivity contribution in [2.45, 2.75) is 44.8 Å². The van der Waals surface area contributed by atoms with E-state index < -0.39 is 12.1 Å². The van der Waals surface area contributed by atoms with E-state index in [1.54, 1.807) is 31.2 Å². The third-order valence-corrected chi connectivity index (χ3v) is 4.53. The minimum atomic E-state index is -0.672. The van der Waals surface area contributed by atoms with Crippen LogP contribution in [0, 0.1) is 5.92 Å². The van der Waals surface area contributed by atoms with Gasteiger partial charge in [-0.2, -0.15) is 0 Å². The zero-order chi connectivity index (χ0) is 16.8. The Kier molecular flexibility index (Phi) is 6.42. The molecular weight excluding hydrogens is 316 g/mol. The summed E-state index contributed by atoms with van der Waals surface area (Å²) in [5, 5.41) is 15.9. The Morgan fingerprint density at radius 2 is 1.87 bits per heavy atom. The highest BCUT2D eigenvalue weighted by Crippen LogP contribution is 2.27.